The minimum atomic E-state index is -1.62. The molecule has 0 radical (unpaired) electrons. The smallest absolute Gasteiger partial charge is 0.306 e. The number of esters is 1. The highest BCUT2D eigenvalue weighted by Gasteiger charge is 2.47. The van der Waals surface area contributed by atoms with Gasteiger partial charge in [-0.05, 0) is 57.8 Å². The third-order valence-electron chi connectivity index (χ3n) is 16.0. The fourth-order valence-electron chi connectivity index (χ4n) is 10.7. The van der Waals surface area contributed by atoms with Gasteiger partial charge in [0.15, 0.2) is 12.4 Å². The van der Waals surface area contributed by atoms with E-state index in [1.54, 1.807) is 6.08 Å². The lowest BCUT2D eigenvalue weighted by Gasteiger charge is -2.41. The predicted octanol–water partition coefficient (Wildman–Crippen LogP) is 16.8. The van der Waals surface area contributed by atoms with E-state index >= 15 is 0 Å². The van der Waals surface area contributed by atoms with Crippen molar-refractivity contribution in [3.05, 3.63) is 48.6 Å². The summed E-state index contributed by atoms with van der Waals surface area (Å²) in [4.78, 5) is 26.6. The summed E-state index contributed by atoms with van der Waals surface area (Å²) >= 11 is 0. The summed E-state index contributed by atoms with van der Waals surface area (Å²) in [5.41, 5.74) is 0. The first kappa shape index (κ1) is 75.6. The standard InChI is InChI=1S/C69H127NO10/c1-4-7-10-13-16-19-22-25-26-27-28-29-30-31-32-33-34-35-36-39-42-45-48-51-54-57-64(74)80-67-66(76)65(75)63(58-71)79-69(67)78-59-60(61(72)55-52-49-46-43-40-37-23-20-17-14-11-8-5-2)70-68(77)62(73)56-53-50-47-44-41-38-24-21-18-15-12-9-6-3/h9,12,18,21,38,41,52,55,60-63,65-67,69,71-73,75-76H,4-8,10-11,13-17,19-20,22-37,39-40,42-51,53-54,56-59H2,1-3H3,(H,70,77)/b12-9+,21-18+,41-38+,55-52+. The fourth-order valence-corrected chi connectivity index (χ4v) is 10.7. The number of carbonyl (C=O) groups excluding carboxylic acids is 2. The summed E-state index contributed by atoms with van der Waals surface area (Å²) in [5.74, 6) is -1.21. The van der Waals surface area contributed by atoms with Crippen LogP contribution in [0.15, 0.2) is 48.6 Å². The number of aliphatic hydroxyl groups excluding tert-OH is 5. The van der Waals surface area contributed by atoms with Gasteiger partial charge in [0.2, 0.25) is 5.91 Å². The van der Waals surface area contributed by atoms with Crippen molar-refractivity contribution in [3.63, 3.8) is 0 Å². The van der Waals surface area contributed by atoms with Gasteiger partial charge < -0.3 is 45.1 Å². The molecule has 0 bridgehead atoms. The Kier molecular flexibility index (Phi) is 54.0. The van der Waals surface area contributed by atoms with Crippen molar-refractivity contribution >= 4 is 11.9 Å². The third kappa shape index (κ3) is 44.2. The molecule has 0 saturated carbocycles. The Morgan fingerprint density at radius 1 is 0.500 bits per heavy atom. The lowest BCUT2D eigenvalue weighted by molar-refractivity contribution is -0.305. The fraction of sp³-hybridized carbons (Fsp3) is 0.855. The number of amides is 1. The van der Waals surface area contributed by atoms with Crippen LogP contribution in [0.5, 0.6) is 0 Å². The topological polar surface area (TPSA) is 175 Å². The number of carbonyl (C=O) groups is 2. The zero-order valence-corrected chi connectivity index (χ0v) is 52.0. The second kappa shape index (κ2) is 57.1. The van der Waals surface area contributed by atoms with E-state index in [0.29, 0.717) is 12.8 Å². The lowest BCUT2D eigenvalue weighted by atomic mass is 9.99. The number of hydrogen-bond acceptors (Lipinski definition) is 10. The molecule has 468 valence electrons. The van der Waals surface area contributed by atoms with E-state index in [1.165, 1.54) is 193 Å². The Morgan fingerprint density at radius 2 is 0.900 bits per heavy atom. The lowest BCUT2D eigenvalue weighted by Crippen LogP contribution is -2.61. The van der Waals surface area contributed by atoms with Crippen LogP contribution in [0.2, 0.25) is 0 Å². The maximum Gasteiger partial charge on any atom is 0.306 e. The zero-order valence-electron chi connectivity index (χ0n) is 52.0. The second-order valence-electron chi connectivity index (χ2n) is 23.5. The van der Waals surface area contributed by atoms with Crippen molar-refractivity contribution in [2.45, 2.75) is 365 Å². The summed E-state index contributed by atoms with van der Waals surface area (Å²) in [7, 11) is 0. The first-order chi connectivity index (χ1) is 39.2. The van der Waals surface area contributed by atoms with Gasteiger partial charge in [-0.2, -0.15) is 0 Å². The van der Waals surface area contributed by atoms with Crippen LogP contribution in [-0.4, -0.2) is 99.6 Å². The Hall–Kier alpha value is -2.38. The molecule has 1 aliphatic rings. The van der Waals surface area contributed by atoms with Crippen molar-refractivity contribution in [3.8, 4) is 0 Å². The molecule has 80 heavy (non-hydrogen) atoms. The largest absolute Gasteiger partial charge is 0.454 e. The van der Waals surface area contributed by atoms with E-state index in [-0.39, 0.29) is 19.4 Å². The number of unbranched alkanes of at least 4 members (excludes halogenated alkanes) is 38. The number of hydrogen-bond donors (Lipinski definition) is 6. The number of allylic oxidation sites excluding steroid dienone is 7. The Balaban J connectivity index is 2.57. The van der Waals surface area contributed by atoms with Gasteiger partial charge in [0.05, 0.1) is 25.4 Å². The molecular formula is C69H127NO10. The van der Waals surface area contributed by atoms with Gasteiger partial charge >= 0.3 is 5.97 Å². The monoisotopic (exact) mass is 1130 g/mol. The van der Waals surface area contributed by atoms with Gasteiger partial charge in [0.1, 0.15) is 24.4 Å². The van der Waals surface area contributed by atoms with Gasteiger partial charge in [0, 0.05) is 6.42 Å². The van der Waals surface area contributed by atoms with Crippen LogP contribution >= 0.6 is 0 Å². The quantitative estimate of drug-likeness (QED) is 0.0195. The molecule has 0 aromatic heterocycles. The molecule has 11 heteroatoms. The molecule has 0 aromatic carbocycles. The molecule has 1 saturated heterocycles. The summed E-state index contributed by atoms with van der Waals surface area (Å²) in [6, 6.07) is -1.03. The Bertz CT molecular complexity index is 1490. The molecular weight excluding hydrogens is 1000 g/mol. The van der Waals surface area contributed by atoms with Gasteiger partial charge in [-0.25, -0.2) is 0 Å². The van der Waals surface area contributed by atoms with Crippen LogP contribution in [0.4, 0.5) is 0 Å². The van der Waals surface area contributed by atoms with Crippen LogP contribution in [0, 0.1) is 0 Å². The van der Waals surface area contributed by atoms with Gasteiger partial charge in [-0.15, -0.1) is 0 Å². The maximum absolute atomic E-state index is 13.4. The van der Waals surface area contributed by atoms with Crippen LogP contribution in [-0.2, 0) is 23.8 Å². The van der Waals surface area contributed by atoms with Crippen LogP contribution in [0.25, 0.3) is 0 Å². The summed E-state index contributed by atoms with van der Waals surface area (Å²) in [6.07, 6.45) is 60.3. The molecule has 8 atom stereocenters. The third-order valence-corrected chi connectivity index (χ3v) is 16.0. The minimum Gasteiger partial charge on any atom is -0.454 e. The number of ether oxygens (including phenoxy) is 3. The van der Waals surface area contributed by atoms with Gasteiger partial charge in [-0.3, -0.25) is 9.59 Å². The molecule has 1 heterocycles. The second-order valence-corrected chi connectivity index (χ2v) is 23.5. The Labute approximate surface area is 491 Å². The highest BCUT2D eigenvalue weighted by Crippen LogP contribution is 2.26. The summed E-state index contributed by atoms with van der Waals surface area (Å²) in [6.45, 7) is 5.70. The van der Waals surface area contributed by atoms with E-state index in [9.17, 15) is 35.1 Å². The molecule has 11 nitrogen and oxygen atoms in total. The van der Waals surface area contributed by atoms with Crippen molar-refractivity contribution in [2.75, 3.05) is 13.2 Å². The maximum atomic E-state index is 13.4. The van der Waals surface area contributed by atoms with E-state index in [2.05, 4.69) is 62.5 Å². The van der Waals surface area contributed by atoms with Crippen LogP contribution < -0.4 is 5.32 Å². The summed E-state index contributed by atoms with van der Waals surface area (Å²) in [5, 5.41) is 57.0. The molecule has 0 spiro atoms. The normalized spacial score (nSPS) is 19.0. The molecule has 1 fully saturated rings. The first-order valence-corrected chi connectivity index (χ1v) is 33.9. The highest BCUT2D eigenvalue weighted by molar-refractivity contribution is 5.80. The molecule has 0 aromatic rings. The molecule has 0 aliphatic carbocycles. The highest BCUT2D eigenvalue weighted by atomic mass is 16.7. The van der Waals surface area contributed by atoms with Crippen molar-refractivity contribution in [1.82, 2.24) is 5.32 Å². The van der Waals surface area contributed by atoms with E-state index in [1.807, 2.05) is 6.08 Å². The van der Waals surface area contributed by atoms with Crippen molar-refractivity contribution < 1.29 is 49.3 Å². The first-order valence-electron chi connectivity index (χ1n) is 33.9. The van der Waals surface area contributed by atoms with Gasteiger partial charge in [-0.1, -0.05) is 301 Å². The Morgan fingerprint density at radius 3 is 1.35 bits per heavy atom. The molecule has 8 unspecified atom stereocenters. The van der Waals surface area contributed by atoms with E-state index < -0.39 is 67.4 Å². The number of rotatable bonds is 58. The SMILES string of the molecule is CC/C=C/C/C=C/C/C=C/CCCCCC(O)C(=O)NC(COC1OC(CO)C(O)C(O)C1OC(=O)CCCCCCCCCCCCCCCCCCCCCCCCCCC)C(O)/C=C/CCCCCCCCCCCCC. The van der Waals surface area contributed by atoms with Crippen LogP contribution in [0.3, 0.4) is 0 Å². The van der Waals surface area contributed by atoms with Crippen molar-refractivity contribution in [2.24, 2.45) is 0 Å². The van der Waals surface area contributed by atoms with Crippen molar-refractivity contribution in [1.29, 1.82) is 0 Å². The van der Waals surface area contributed by atoms with Crippen LogP contribution in [0.1, 0.15) is 316 Å². The van der Waals surface area contributed by atoms with Gasteiger partial charge in [0.25, 0.3) is 0 Å². The number of nitrogens with one attached hydrogen (secondary N) is 1. The number of aliphatic hydroxyl groups is 5. The molecule has 6 N–H and O–H groups in total. The zero-order chi connectivity index (χ0) is 58.2. The molecule has 1 rings (SSSR count). The summed E-state index contributed by atoms with van der Waals surface area (Å²) < 4.78 is 17.7. The minimum absolute atomic E-state index is 0.125. The predicted molar refractivity (Wildman–Crippen MR) is 334 cm³/mol. The van der Waals surface area contributed by atoms with E-state index in [0.717, 1.165) is 77.0 Å². The average molecular weight is 1130 g/mol. The van der Waals surface area contributed by atoms with E-state index in [4.69, 9.17) is 14.2 Å². The molecule has 1 aliphatic heterocycles. The average Bonchev–Trinajstić information content (AvgIpc) is 3.45. The molecule has 1 amide bonds.